The van der Waals surface area contributed by atoms with Crippen molar-refractivity contribution in [3.63, 3.8) is 0 Å². The van der Waals surface area contributed by atoms with Gasteiger partial charge in [-0.05, 0) is 25.1 Å². The molecular formula is C13H11ClO3. The van der Waals surface area contributed by atoms with Crippen molar-refractivity contribution in [2.75, 3.05) is 6.61 Å². The molecule has 0 fully saturated rings. The number of halogens is 1. The smallest absolute Gasteiger partial charge is 0.330 e. The van der Waals surface area contributed by atoms with Crippen LogP contribution >= 0.6 is 11.6 Å². The highest BCUT2D eigenvalue weighted by Gasteiger charge is 2.09. The fourth-order valence-electron chi connectivity index (χ4n) is 1.47. The van der Waals surface area contributed by atoms with Gasteiger partial charge in [0.1, 0.15) is 11.3 Å². The summed E-state index contributed by atoms with van der Waals surface area (Å²) in [5.41, 5.74) is 0.695. The summed E-state index contributed by atoms with van der Waals surface area (Å²) in [6.45, 7) is 2.09. The summed E-state index contributed by atoms with van der Waals surface area (Å²) in [6, 6.07) is 7.43. The topological polar surface area (TPSA) is 39.4 Å². The zero-order chi connectivity index (χ0) is 12.3. The Morgan fingerprint density at radius 3 is 2.94 bits per heavy atom. The zero-order valence-electron chi connectivity index (χ0n) is 9.27. The van der Waals surface area contributed by atoms with E-state index < -0.39 is 5.97 Å². The minimum Gasteiger partial charge on any atom is -0.463 e. The van der Waals surface area contributed by atoms with Gasteiger partial charge in [-0.1, -0.05) is 23.7 Å². The summed E-state index contributed by atoms with van der Waals surface area (Å²) in [6.07, 6.45) is 2.81. The summed E-state index contributed by atoms with van der Waals surface area (Å²) in [5.74, 6) is 0.0462. The van der Waals surface area contributed by atoms with Gasteiger partial charge in [0.15, 0.2) is 0 Å². The number of hydrogen-bond donors (Lipinski definition) is 0. The summed E-state index contributed by atoms with van der Waals surface area (Å²) < 4.78 is 10.3. The van der Waals surface area contributed by atoms with Gasteiger partial charge in [0.25, 0.3) is 0 Å². The number of benzene rings is 1. The highest BCUT2D eigenvalue weighted by Crippen LogP contribution is 2.30. The van der Waals surface area contributed by atoms with Crippen LogP contribution in [0.4, 0.5) is 0 Å². The third-order valence-corrected chi connectivity index (χ3v) is 2.61. The average Bonchev–Trinajstić information content (AvgIpc) is 2.65. The molecule has 0 saturated carbocycles. The van der Waals surface area contributed by atoms with Crippen LogP contribution in [-0.2, 0) is 9.53 Å². The van der Waals surface area contributed by atoms with E-state index in [0.29, 0.717) is 23.0 Å². The van der Waals surface area contributed by atoms with E-state index in [4.69, 9.17) is 20.8 Å². The van der Waals surface area contributed by atoms with Crippen molar-refractivity contribution >= 4 is 34.6 Å². The van der Waals surface area contributed by atoms with Gasteiger partial charge < -0.3 is 9.15 Å². The maximum Gasteiger partial charge on any atom is 0.330 e. The lowest BCUT2D eigenvalue weighted by Crippen LogP contribution is -1.98. The molecule has 0 aliphatic carbocycles. The first-order valence-corrected chi connectivity index (χ1v) is 5.62. The molecule has 0 saturated heterocycles. The van der Waals surface area contributed by atoms with E-state index in [1.54, 1.807) is 6.92 Å². The van der Waals surface area contributed by atoms with Gasteiger partial charge in [-0.25, -0.2) is 4.79 Å². The van der Waals surface area contributed by atoms with Gasteiger partial charge >= 0.3 is 5.97 Å². The number of para-hydroxylation sites is 1. The first kappa shape index (κ1) is 11.7. The fraction of sp³-hybridized carbons (Fsp3) is 0.154. The second-order valence-corrected chi connectivity index (χ2v) is 3.74. The highest BCUT2D eigenvalue weighted by molar-refractivity contribution is 6.36. The van der Waals surface area contributed by atoms with E-state index in [1.807, 2.05) is 24.3 Å². The van der Waals surface area contributed by atoms with Crippen LogP contribution in [0.15, 0.2) is 34.8 Å². The minimum atomic E-state index is -0.413. The van der Waals surface area contributed by atoms with Crippen LogP contribution in [0.25, 0.3) is 17.0 Å². The molecule has 1 aromatic carbocycles. The molecule has 3 nitrogen and oxygen atoms in total. The van der Waals surface area contributed by atoms with Crippen LogP contribution in [0.1, 0.15) is 12.7 Å². The lowest BCUT2D eigenvalue weighted by atomic mass is 10.2. The molecule has 2 aromatic rings. The Kier molecular flexibility index (Phi) is 3.49. The third kappa shape index (κ3) is 2.50. The van der Waals surface area contributed by atoms with Crippen molar-refractivity contribution in [2.24, 2.45) is 0 Å². The molecule has 4 heteroatoms. The summed E-state index contributed by atoms with van der Waals surface area (Å²) in [4.78, 5) is 11.1. The van der Waals surface area contributed by atoms with Crippen molar-refractivity contribution in [3.8, 4) is 0 Å². The van der Waals surface area contributed by atoms with E-state index in [9.17, 15) is 4.79 Å². The second kappa shape index (κ2) is 5.06. The van der Waals surface area contributed by atoms with Crippen molar-refractivity contribution in [1.29, 1.82) is 0 Å². The number of fused-ring (bicyclic) bond motifs is 1. The first-order valence-electron chi connectivity index (χ1n) is 5.24. The first-order chi connectivity index (χ1) is 8.22. The van der Waals surface area contributed by atoms with Crippen LogP contribution in [-0.4, -0.2) is 12.6 Å². The molecule has 1 heterocycles. The predicted octanol–water partition coefficient (Wildman–Crippen LogP) is 3.66. The molecule has 2 rings (SSSR count). The van der Waals surface area contributed by atoms with Crippen molar-refractivity contribution < 1.29 is 13.9 Å². The molecule has 0 amide bonds. The van der Waals surface area contributed by atoms with E-state index in [0.717, 1.165) is 5.39 Å². The quantitative estimate of drug-likeness (QED) is 0.616. The third-order valence-electron chi connectivity index (χ3n) is 2.22. The Hall–Kier alpha value is -1.74. The number of carbonyl (C=O) groups is 1. The second-order valence-electron chi connectivity index (χ2n) is 3.36. The van der Waals surface area contributed by atoms with Crippen LogP contribution in [0, 0.1) is 0 Å². The molecule has 0 aliphatic heterocycles. The van der Waals surface area contributed by atoms with Gasteiger partial charge in [-0.3, -0.25) is 0 Å². The number of rotatable bonds is 3. The van der Waals surface area contributed by atoms with Crippen LogP contribution in [0.3, 0.4) is 0 Å². The van der Waals surface area contributed by atoms with Gasteiger partial charge in [0.2, 0.25) is 0 Å². The minimum absolute atomic E-state index is 0.344. The summed E-state index contributed by atoms with van der Waals surface area (Å²) in [7, 11) is 0. The van der Waals surface area contributed by atoms with Crippen LogP contribution in [0.5, 0.6) is 0 Å². The van der Waals surface area contributed by atoms with Crippen molar-refractivity contribution in [3.05, 3.63) is 41.1 Å². The van der Waals surface area contributed by atoms with E-state index in [1.165, 1.54) is 12.2 Å². The number of furan rings is 1. The molecule has 1 aromatic heterocycles. The number of esters is 1. The summed E-state index contributed by atoms with van der Waals surface area (Å²) >= 11 is 6.12. The largest absolute Gasteiger partial charge is 0.463 e. The molecule has 17 heavy (non-hydrogen) atoms. The number of hydrogen-bond acceptors (Lipinski definition) is 3. The van der Waals surface area contributed by atoms with E-state index in [-0.39, 0.29) is 0 Å². The molecule has 88 valence electrons. The maximum absolute atomic E-state index is 11.1. The molecule has 0 N–H and O–H groups in total. The molecule has 0 spiro atoms. The van der Waals surface area contributed by atoms with Gasteiger partial charge in [-0.2, -0.15) is 0 Å². The zero-order valence-corrected chi connectivity index (χ0v) is 10.0. The lowest BCUT2D eigenvalue weighted by Gasteiger charge is -1.93. The monoisotopic (exact) mass is 250 g/mol. The van der Waals surface area contributed by atoms with Gasteiger partial charge in [0.05, 0.1) is 11.6 Å². The summed E-state index contributed by atoms with van der Waals surface area (Å²) in [5, 5.41) is 1.33. The van der Waals surface area contributed by atoms with Gasteiger partial charge in [0, 0.05) is 11.5 Å². The Morgan fingerprint density at radius 2 is 2.24 bits per heavy atom. The molecule has 0 unspecified atom stereocenters. The molecule has 0 radical (unpaired) electrons. The predicted molar refractivity (Wildman–Crippen MR) is 66.9 cm³/mol. The molecule has 0 bridgehead atoms. The Morgan fingerprint density at radius 1 is 1.47 bits per heavy atom. The Bertz CT molecular complexity index is 569. The molecule has 0 atom stereocenters. The maximum atomic E-state index is 11.1. The normalized spacial score (nSPS) is 11.2. The lowest BCUT2D eigenvalue weighted by molar-refractivity contribution is -0.137. The Labute approximate surface area is 104 Å². The van der Waals surface area contributed by atoms with E-state index >= 15 is 0 Å². The van der Waals surface area contributed by atoms with Crippen molar-refractivity contribution in [1.82, 2.24) is 0 Å². The Balaban J connectivity index is 2.30. The van der Waals surface area contributed by atoms with Crippen LogP contribution < -0.4 is 0 Å². The van der Waals surface area contributed by atoms with Crippen LogP contribution in [0.2, 0.25) is 5.02 Å². The van der Waals surface area contributed by atoms with Gasteiger partial charge in [-0.15, -0.1) is 0 Å². The molecule has 0 aliphatic rings. The highest BCUT2D eigenvalue weighted by atomic mass is 35.5. The van der Waals surface area contributed by atoms with Crippen molar-refractivity contribution in [2.45, 2.75) is 6.92 Å². The standard InChI is InChI=1S/C13H11ClO3/c1-2-16-12(15)8-7-11-13(14)9-5-3-4-6-10(9)17-11/h3-8H,2H2,1H3/b8-7+. The number of ether oxygens (including phenoxy) is 1. The fourth-order valence-corrected chi connectivity index (χ4v) is 1.73. The SMILES string of the molecule is CCOC(=O)/C=C/c1oc2ccccc2c1Cl. The molecular weight excluding hydrogens is 240 g/mol. The number of carbonyl (C=O) groups excluding carboxylic acids is 1. The average molecular weight is 251 g/mol. The van der Waals surface area contributed by atoms with E-state index in [2.05, 4.69) is 0 Å².